The molecule has 0 aromatic heterocycles. The van der Waals surface area contributed by atoms with E-state index in [1.165, 1.54) is 0 Å². The van der Waals surface area contributed by atoms with Crippen molar-refractivity contribution in [1.82, 2.24) is 10.2 Å². The van der Waals surface area contributed by atoms with Gasteiger partial charge in [0.1, 0.15) is 18.3 Å². The van der Waals surface area contributed by atoms with E-state index in [2.05, 4.69) is 16.3 Å². The van der Waals surface area contributed by atoms with Gasteiger partial charge in [-0.25, -0.2) is 0 Å². The molecule has 1 amide bonds. The van der Waals surface area contributed by atoms with Crippen LogP contribution in [0.15, 0.2) is 24.3 Å². The van der Waals surface area contributed by atoms with E-state index in [0.717, 1.165) is 43.8 Å². The summed E-state index contributed by atoms with van der Waals surface area (Å²) in [5.41, 5.74) is 0.990. The van der Waals surface area contributed by atoms with Crippen LogP contribution in [-0.2, 0) is 4.79 Å². The minimum Gasteiger partial charge on any atom is -0.492 e. The Morgan fingerprint density at radius 1 is 1.36 bits per heavy atom. The molecular formula is C17H21N3O2. The van der Waals surface area contributed by atoms with E-state index in [4.69, 9.17) is 10.00 Å². The van der Waals surface area contributed by atoms with E-state index in [9.17, 15) is 4.79 Å². The number of piperidine rings is 1. The van der Waals surface area contributed by atoms with Crippen molar-refractivity contribution in [2.45, 2.75) is 18.8 Å². The van der Waals surface area contributed by atoms with Gasteiger partial charge in [0.05, 0.1) is 12.6 Å². The topological polar surface area (TPSA) is 65.4 Å². The molecule has 0 spiro atoms. The number of amides is 1. The number of carbonyl (C=O) groups excluding carboxylic acids is 1. The Morgan fingerprint density at radius 2 is 2.14 bits per heavy atom. The number of nitrogens with zero attached hydrogens (tertiary/aromatic N) is 2. The van der Waals surface area contributed by atoms with E-state index < -0.39 is 0 Å². The highest BCUT2D eigenvalue weighted by atomic mass is 16.5. The first-order chi connectivity index (χ1) is 10.8. The first kappa shape index (κ1) is 14.9. The molecule has 0 bridgehead atoms. The van der Waals surface area contributed by atoms with Crippen LogP contribution in [-0.4, -0.2) is 43.6 Å². The number of fused-ring (bicyclic) bond motifs is 1. The summed E-state index contributed by atoms with van der Waals surface area (Å²) in [6.07, 6.45) is 2.08. The van der Waals surface area contributed by atoms with Crippen LogP contribution in [0.1, 0.15) is 24.3 Å². The second kappa shape index (κ2) is 6.80. The SMILES string of the molecule is N#CCN1CCC(CNC(=O)[C@@H]2COc3ccccc32)CC1. The molecule has 0 saturated carbocycles. The average Bonchev–Trinajstić information content (AvgIpc) is 2.98. The molecule has 0 aliphatic carbocycles. The smallest absolute Gasteiger partial charge is 0.231 e. The van der Waals surface area contributed by atoms with Crippen molar-refractivity contribution in [2.75, 3.05) is 32.8 Å². The van der Waals surface area contributed by atoms with E-state index in [0.29, 0.717) is 19.1 Å². The molecule has 22 heavy (non-hydrogen) atoms. The van der Waals surface area contributed by atoms with Crippen LogP contribution in [0.2, 0.25) is 0 Å². The highest BCUT2D eigenvalue weighted by molar-refractivity contribution is 5.85. The van der Waals surface area contributed by atoms with Crippen molar-refractivity contribution in [3.8, 4) is 11.8 Å². The van der Waals surface area contributed by atoms with E-state index in [-0.39, 0.29) is 11.8 Å². The molecule has 1 saturated heterocycles. The van der Waals surface area contributed by atoms with E-state index in [1.54, 1.807) is 0 Å². The fourth-order valence-electron chi connectivity index (χ4n) is 3.20. The molecule has 1 atom stereocenters. The molecule has 2 aliphatic heterocycles. The summed E-state index contributed by atoms with van der Waals surface area (Å²) < 4.78 is 5.57. The third-order valence-corrected chi connectivity index (χ3v) is 4.58. The van der Waals surface area contributed by atoms with Crippen LogP contribution >= 0.6 is 0 Å². The van der Waals surface area contributed by atoms with Crippen molar-refractivity contribution >= 4 is 5.91 Å². The summed E-state index contributed by atoms with van der Waals surface area (Å²) in [5.74, 6) is 1.21. The quantitative estimate of drug-likeness (QED) is 0.856. The van der Waals surface area contributed by atoms with Crippen LogP contribution in [0.5, 0.6) is 5.75 Å². The van der Waals surface area contributed by atoms with Crippen LogP contribution in [0.4, 0.5) is 0 Å². The summed E-state index contributed by atoms with van der Waals surface area (Å²) >= 11 is 0. The molecular weight excluding hydrogens is 278 g/mol. The third kappa shape index (κ3) is 3.23. The summed E-state index contributed by atoms with van der Waals surface area (Å²) in [6, 6.07) is 9.93. The maximum Gasteiger partial charge on any atom is 0.231 e. The van der Waals surface area contributed by atoms with Gasteiger partial charge in [-0.1, -0.05) is 18.2 Å². The summed E-state index contributed by atoms with van der Waals surface area (Å²) in [6.45, 7) is 3.56. The number of benzene rings is 1. The van der Waals surface area contributed by atoms with Gasteiger partial charge in [-0.3, -0.25) is 9.69 Å². The average molecular weight is 299 g/mol. The fourth-order valence-corrected chi connectivity index (χ4v) is 3.20. The monoisotopic (exact) mass is 299 g/mol. The lowest BCUT2D eigenvalue weighted by Crippen LogP contribution is -2.40. The number of rotatable bonds is 4. The highest BCUT2D eigenvalue weighted by Gasteiger charge is 2.30. The first-order valence-electron chi connectivity index (χ1n) is 7.86. The van der Waals surface area contributed by atoms with Crippen LogP contribution in [0.25, 0.3) is 0 Å². The molecule has 1 aromatic rings. The summed E-state index contributed by atoms with van der Waals surface area (Å²) in [5, 5.41) is 11.8. The van der Waals surface area contributed by atoms with Crippen LogP contribution < -0.4 is 10.1 Å². The molecule has 5 heteroatoms. The van der Waals surface area contributed by atoms with Gasteiger partial charge in [0.15, 0.2) is 0 Å². The Labute approximate surface area is 130 Å². The van der Waals surface area contributed by atoms with Gasteiger partial charge < -0.3 is 10.1 Å². The number of nitrogens with one attached hydrogen (secondary N) is 1. The number of hydrogen-bond acceptors (Lipinski definition) is 4. The molecule has 3 rings (SSSR count). The number of hydrogen-bond donors (Lipinski definition) is 1. The fraction of sp³-hybridized carbons (Fsp3) is 0.529. The van der Waals surface area contributed by atoms with Crippen molar-refractivity contribution in [3.63, 3.8) is 0 Å². The first-order valence-corrected chi connectivity index (χ1v) is 7.86. The van der Waals surface area contributed by atoms with Crippen molar-refractivity contribution in [3.05, 3.63) is 29.8 Å². The number of carbonyl (C=O) groups is 1. The lowest BCUT2D eigenvalue weighted by molar-refractivity contribution is -0.123. The maximum absolute atomic E-state index is 12.4. The summed E-state index contributed by atoms with van der Waals surface area (Å²) in [7, 11) is 0. The van der Waals surface area contributed by atoms with Gasteiger partial charge in [-0.2, -0.15) is 5.26 Å². The van der Waals surface area contributed by atoms with Gasteiger partial charge >= 0.3 is 0 Å². The van der Waals surface area contributed by atoms with Crippen molar-refractivity contribution < 1.29 is 9.53 Å². The van der Waals surface area contributed by atoms with Crippen LogP contribution in [0.3, 0.4) is 0 Å². The molecule has 1 aromatic carbocycles. The molecule has 0 unspecified atom stereocenters. The zero-order valence-corrected chi connectivity index (χ0v) is 12.6. The van der Waals surface area contributed by atoms with Crippen molar-refractivity contribution in [1.29, 1.82) is 5.26 Å². The second-order valence-electron chi connectivity index (χ2n) is 6.02. The standard InChI is InChI=1S/C17H21N3O2/c18-7-10-20-8-5-13(6-9-20)11-19-17(21)15-12-22-16-4-2-1-3-14(15)16/h1-4,13,15H,5-6,8-12H2,(H,19,21)/t15-/m1/s1. The number of nitriles is 1. The predicted molar refractivity (Wildman–Crippen MR) is 82.5 cm³/mol. The van der Waals surface area contributed by atoms with Gasteiger partial charge in [-0.15, -0.1) is 0 Å². The van der Waals surface area contributed by atoms with E-state index in [1.807, 2.05) is 24.3 Å². The Hall–Kier alpha value is -2.06. The minimum absolute atomic E-state index is 0.0596. The second-order valence-corrected chi connectivity index (χ2v) is 6.02. The molecule has 2 aliphatic rings. The van der Waals surface area contributed by atoms with Gasteiger partial charge in [0, 0.05) is 12.1 Å². The van der Waals surface area contributed by atoms with Crippen molar-refractivity contribution in [2.24, 2.45) is 5.92 Å². The third-order valence-electron chi connectivity index (χ3n) is 4.58. The molecule has 1 N–H and O–H groups in total. The molecule has 116 valence electrons. The number of likely N-dealkylation sites (tertiary alicyclic amines) is 1. The van der Waals surface area contributed by atoms with E-state index >= 15 is 0 Å². The Morgan fingerprint density at radius 3 is 2.91 bits per heavy atom. The molecule has 2 heterocycles. The zero-order valence-electron chi connectivity index (χ0n) is 12.6. The lowest BCUT2D eigenvalue weighted by atomic mass is 9.96. The van der Waals surface area contributed by atoms with Crippen LogP contribution in [0, 0.1) is 17.2 Å². The largest absolute Gasteiger partial charge is 0.492 e. The zero-order chi connectivity index (χ0) is 15.4. The Balaban J connectivity index is 1.47. The summed E-state index contributed by atoms with van der Waals surface area (Å²) in [4.78, 5) is 14.5. The maximum atomic E-state index is 12.4. The normalized spacial score (nSPS) is 21.7. The number of para-hydroxylation sites is 1. The highest BCUT2D eigenvalue weighted by Crippen LogP contribution is 2.33. The molecule has 0 radical (unpaired) electrons. The van der Waals surface area contributed by atoms with Gasteiger partial charge in [-0.05, 0) is 37.9 Å². The predicted octanol–water partition coefficient (Wildman–Crippen LogP) is 1.51. The molecule has 5 nitrogen and oxygen atoms in total. The van der Waals surface area contributed by atoms with Gasteiger partial charge in [0.2, 0.25) is 5.91 Å². The Bertz CT molecular complexity index is 574. The van der Waals surface area contributed by atoms with Gasteiger partial charge in [0.25, 0.3) is 0 Å². The lowest BCUT2D eigenvalue weighted by Gasteiger charge is -2.30. The minimum atomic E-state index is -0.185. The Kier molecular flexibility index (Phi) is 4.59. The number of ether oxygens (including phenoxy) is 1. The molecule has 1 fully saturated rings.